The van der Waals surface area contributed by atoms with Gasteiger partial charge >= 0.3 is 0 Å². The topological polar surface area (TPSA) is 30.9 Å². The number of ether oxygens (including phenoxy) is 3. The van der Waals surface area contributed by atoms with Crippen molar-refractivity contribution < 1.29 is 14.2 Å². The SMILES string of the molecule is C[C@H]1COC(COCc2ccc(OCCN(C)C)cc2)C1. The van der Waals surface area contributed by atoms with Crippen LogP contribution in [0.25, 0.3) is 0 Å². The molecule has 0 aromatic heterocycles. The molecule has 1 aliphatic rings. The minimum atomic E-state index is 0.272. The summed E-state index contributed by atoms with van der Waals surface area (Å²) >= 11 is 0. The molecule has 0 spiro atoms. The van der Waals surface area contributed by atoms with Gasteiger partial charge in [-0.15, -0.1) is 0 Å². The lowest BCUT2D eigenvalue weighted by Gasteiger charge is -2.12. The summed E-state index contributed by atoms with van der Waals surface area (Å²) in [6.07, 6.45) is 1.38. The van der Waals surface area contributed by atoms with Crippen molar-refractivity contribution in [2.24, 2.45) is 5.92 Å². The molecule has 1 fully saturated rings. The van der Waals surface area contributed by atoms with Crippen LogP contribution in [-0.2, 0) is 16.1 Å². The van der Waals surface area contributed by atoms with E-state index in [1.807, 2.05) is 26.2 Å². The lowest BCUT2D eigenvalue weighted by Crippen LogP contribution is -2.19. The van der Waals surface area contributed by atoms with Crippen molar-refractivity contribution in [3.05, 3.63) is 29.8 Å². The lowest BCUT2D eigenvalue weighted by atomic mass is 10.1. The van der Waals surface area contributed by atoms with Crippen LogP contribution in [-0.4, -0.2) is 51.5 Å². The summed E-state index contributed by atoms with van der Waals surface area (Å²) in [6.45, 7) is 6.03. The van der Waals surface area contributed by atoms with Gasteiger partial charge < -0.3 is 19.1 Å². The predicted molar refractivity (Wildman–Crippen MR) is 83.7 cm³/mol. The Balaban J connectivity index is 1.65. The van der Waals surface area contributed by atoms with Crippen molar-refractivity contribution in [2.45, 2.75) is 26.1 Å². The standard InChI is InChI=1S/C17H27NO3/c1-14-10-17(21-11-14)13-19-12-15-4-6-16(7-5-15)20-9-8-18(2)3/h4-7,14,17H,8-13H2,1-3H3/t14-,17?/m1/s1. The third-order valence-electron chi connectivity index (χ3n) is 3.58. The third kappa shape index (κ3) is 6.04. The van der Waals surface area contributed by atoms with Crippen molar-refractivity contribution in [3.8, 4) is 5.75 Å². The summed E-state index contributed by atoms with van der Waals surface area (Å²) in [5.74, 6) is 1.57. The molecule has 1 aliphatic heterocycles. The highest BCUT2D eigenvalue weighted by molar-refractivity contribution is 5.26. The van der Waals surface area contributed by atoms with Gasteiger partial charge in [0.15, 0.2) is 0 Å². The lowest BCUT2D eigenvalue weighted by molar-refractivity contribution is 0.0101. The summed E-state index contributed by atoms with van der Waals surface area (Å²) in [4.78, 5) is 2.11. The molecule has 1 aromatic carbocycles. The number of nitrogens with zero attached hydrogens (tertiary/aromatic N) is 1. The Kier molecular flexibility index (Phi) is 6.49. The van der Waals surface area contributed by atoms with Crippen molar-refractivity contribution in [1.82, 2.24) is 4.90 Å². The van der Waals surface area contributed by atoms with E-state index in [4.69, 9.17) is 14.2 Å². The first-order chi connectivity index (χ1) is 10.1. The fourth-order valence-corrected chi connectivity index (χ4v) is 2.34. The summed E-state index contributed by atoms with van der Waals surface area (Å²) in [5.41, 5.74) is 1.17. The monoisotopic (exact) mass is 293 g/mol. The second kappa shape index (κ2) is 8.37. The molecule has 4 heteroatoms. The van der Waals surface area contributed by atoms with E-state index < -0.39 is 0 Å². The zero-order valence-electron chi connectivity index (χ0n) is 13.4. The molecule has 1 unspecified atom stereocenters. The van der Waals surface area contributed by atoms with Crippen LogP contribution >= 0.6 is 0 Å². The molecule has 0 saturated carbocycles. The minimum Gasteiger partial charge on any atom is -0.492 e. The van der Waals surface area contributed by atoms with Gasteiger partial charge in [0.05, 0.1) is 19.3 Å². The van der Waals surface area contributed by atoms with Crippen molar-refractivity contribution >= 4 is 0 Å². The highest BCUT2D eigenvalue weighted by Crippen LogP contribution is 2.19. The van der Waals surface area contributed by atoms with Crippen LogP contribution in [0.4, 0.5) is 0 Å². The Morgan fingerprint density at radius 2 is 2.00 bits per heavy atom. The van der Waals surface area contributed by atoms with E-state index in [0.717, 1.165) is 25.3 Å². The van der Waals surface area contributed by atoms with E-state index in [0.29, 0.717) is 25.7 Å². The molecule has 4 nitrogen and oxygen atoms in total. The van der Waals surface area contributed by atoms with Gasteiger partial charge in [-0.1, -0.05) is 19.1 Å². The number of benzene rings is 1. The molecule has 2 rings (SSSR count). The van der Waals surface area contributed by atoms with Crippen LogP contribution in [0, 0.1) is 5.92 Å². The Labute approximate surface area is 128 Å². The number of hydrogen-bond donors (Lipinski definition) is 0. The van der Waals surface area contributed by atoms with Crippen LogP contribution in [0.2, 0.25) is 0 Å². The molecule has 118 valence electrons. The Morgan fingerprint density at radius 1 is 1.24 bits per heavy atom. The molecule has 21 heavy (non-hydrogen) atoms. The molecular weight excluding hydrogens is 266 g/mol. The van der Waals surface area contributed by atoms with Crippen molar-refractivity contribution in [2.75, 3.05) is 40.5 Å². The molecular formula is C17H27NO3. The van der Waals surface area contributed by atoms with Gasteiger partial charge in [-0.25, -0.2) is 0 Å². The summed E-state index contributed by atoms with van der Waals surface area (Å²) < 4.78 is 17.0. The van der Waals surface area contributed by atoms with Crippen LogP contribution in [0.15, 0.2) is 24.3 Å². The molecule has 0 radical (unpaired) electrons. The first-order valence-electron chi connectivity index (χ1n) is 7.69. The minimum absolute atomic E-state index is 0.272. The van der Waals surface area contributed by atoms with E-state index in [1.54, 1.807) is 0 Å². The first-order valence-corrected chi connectivity index (χ1v) is 7.69. The molecule has 1 aromatic rings. The normalized spacial score (nSPS) is 21.9. The number of hydrogen-bond acceptors (Lipinski definition) is 4. The van der Waals surface area contributed by atoms with Crippen LogP contribution in [0.5, 0.6) is 5.75 Å². The van der Waals surface area contributed by atoms with E-state index in [-0.39, 0.29) is 6.10 Å². The molecule has 2 atom stereocenters. The summed E-state index contributed by atoms with van der Waals surface area (Å²) in [6, 6.07) is 8.12. The quantitative estimate of drug-likeness (QED) is 0.737. The Hall–Kier alpha value is -1.10. The van der Waals surface area contributed by atoms with E-state index in [9.17, 15) is 0 Å². The maximum atomic E-state index is 5.73. The fourth-order valence-electron chi connectivity index (χ4n) is 2.34. The first kappa shape index (κ1) is 16.3. The molecule has 1 saturated heterocycles. The Bertz CT molecular complexity index is 405. The van der Waals surface area contributed by atoms with E-state index in [1.165, 1.54) is 5.56 Å². The fraction of sp³-hybridized carbons (Fsp3) is 0.647. The van der Waals surface area contributed by atoms with Gasteiger partial charge in [0.2, 0.25) is 0 Å². The third-order valence-corrected chi connectivity index (χ3v) is 3.58. The smallest absolute Gasteiger partial charge is 0.119 e. The molecule has 0 N–H and O–H groups in total. The molecule has 0 bridgehead atoms. The average molecular weight is 293 g/mol. The number of likely N-dealkylation sites (N-methyl/N-ethyl adjacent to an activating group) is 1. The van der Waals surface area contributed by atoms with E-state index in [2.05, 4.69) is 24.0 Å². The van der Waals surface area contributed by atoms with Crippen molar-refractivity contribution in [3.63, 3.8) is 0 Å². The van der Waals surface area contributed by atoms with Gasteiger partial charge in [0.1, 0.15) is 12.4 Å². The maximum Gasteiger partial charge on any atom is 0.119 e. The van der Waals surface area contributed by atoms with Gasteiger partial charge in [0, 0.05) is 13.2 Å². The molecule has 1 heterocycles. The summed E-state index contributed by atoms with van der Waals surface area (Å²) in [7, 11) is 4.08. The zero-order chi connectivity index (χ0) is 15.1. The van der Waals surface area contributed by atoms with Gasteiger partial charge in [-0.05, 0) is 44.1 Å². The molecule has 0 aliphatic carbocycles. The van der Waals surface area contributed by atoms with Crippen LogP contribution in [0.3, 0.4) is 0 Å². The largest absolute Gasteiger partial charge is 0.492 e. The number of rotatable bonds is 8. The maximum absolute atomic E-state index is 5.73. The highest BCUT2D eigenvalue weighted by atomic mass is 16.5. The van der Waals surface area contributed by atoms with Crippen LogP contribution in [0.1, 0.15) is 18.9 Å². The van der Waals surface area contributed by atoms with Gasteiger partial charge in [0.25, 0.3) is 0 Å². The Morgan fingerprint density at radius 3 is 2.62 bits per heavy atom. The van der Waals surface area contributed by atoms with E-state index >= 15 is 0 Å². The predicted octanol–water partition coefficient (Wildman–Crippen LogP) is 2.57. The zero-order valence-corrected chi connectivity index (χ0v) is 13.4. The van der Waals surface area contributed by atoms with Crippen LogP contribution < -0.4 is 4.74 Å². The average Bonchev–Trinajstić information content (AvgIpc) is 2.86. The summed E-state index contributed by atoms with van der Waals surface area (Å²) in [5, 5.41) is 0. The molecule has 0 amide bonds. The second-order valence-corrected chi connectivity index (χ2v) is 6.11. The highest BCUT2D eigenvalue weighted by Gasteiger charge is 2.21. The second-order valence-electron chi connectivity index (χ2n) is 6.11. The van der Waals surface area contributed by atoms with Crippen molar-refractivity contribution in [1.29, 1.82) is 0 Å². The van der Waals surface area contributed by atoms with Gasteiger partial charge in [-0.2, -0.15) is 0 Å². The van der Waals surface area contributed by atoms with Gasteiger partial charge in [-0.3, -0.25) is 0 Å².